The number of aliphatic hydroxyl groups excluding tert-OH is 1. The summed E-state index contributed by atoms with van der Waals surface area (Å²) in [5.41, 5.74) is 2.56. The minimum atomic E-state index is -0.230. The molecular weight excluding hydrogens is 256 g/mol. The second-order valence-corrected chi connectivity index (χ2v) is 5.62. The monoisotopic (exact) mass is 274 g/mol. The van der Waals surface area contributed by atoms with Crippen LogP contribution in [0.1, 0.15) is 46.0 Å². The topological polar surface area (TPSA) is 62.3 Å². The minimum absolute atomic E-state index is 0.149. The number of carbonyl (C=O) groups is 2. The molecule has 1 N–H and O–H groups in total. The second kappa shape index (κ2) is 4.06. The molecule has 2 heterocycles. The van der Waals surface area contributed by atoms with E-state index in [2.05, 4.69) is 0 Å². The largest absolute Gasteiger partial charge is 0.392 e. The van der Waals surface area contributed by atoms with Crippen LogP contribution in [0.5, 0.6) is 0 Å². The van der Waals surface area contributed by atoms with Crippen molar-refractivity contribution in [1.29, 1.82) is 0 Å². The van der Waals surface area contributed by atoms with Crippen LogP contribution in [0.4, 0.5) is 0 Å². The number of hydrogen-bond acceptors (Lipinski definition) is 4. The Morgan fingerprint density at radius 1 is 1.25 bits per heavy atom. The number of fused-ring (bicyclic) bond motifs is 1. The Morgan fingerprint density at radius 2 is 1.85 bits per heavy atom. The molecule has 1 fully saturated rings. The zero-order chi connectivity index (χ0) is 14.8. The SMILES string of the molecule is Cc1c(CO)c2c(n1C)C(=O)C=C(N1[C@H](C)[C@@H]1C)C2=O. The van der Waals surface area contributed by atoms with Gasteiger partial charge in [0.2, 0.25) is 11.6 Å². The van der Waals surface area contributed by atoms with Crippen molar-refractivity contribution >= 4 is 11.6 Å². The Labute approximate surface area is 117 Å². The quantitative estimate of drug-likeness (QED) is 0.823. The van der Waals surface area contributed by atoms with Gasteiger partial charge in [0.15, 0.2) is 0 Å². The summed E-state index contributed by atoms with van der Waals surface area (Å²) in [5, 5.41) is 9.53. The highest BCUT2D eigenvalue weighted by Gasteiger charge is 2.46. The van der Waals surface area contributed by atoms with Crippen LogP contribution < -0.4 is 0 Å². The van der Waals surface area contributed by atoms with E-state index in [0.717, 1.165) is 5.69 Å². The molecule has 2 aliphatic rings. The fourth-order valence-electron chi connectivity index (χ4n) is 3.11. The van der Waals surface area contributed by atoms with Crippen LogP contribution in [0, 0.1) is 6.92 Å². The lowest BCUT2D eigenvalue weighted by molar-refractivity contribution is 0.0962. The summed E-state index contributed by atoms with van der Waals surface area (Å²) < 4.78 is 1.70. The molecule has 1 saturated heterocycles. The summed E-state index contributed by atoms with van der Waals surface area (Å²) >= 11 is 0. The molecule has 106 valence electrons. The predicted molar refractivity (Wildman–Crippen MR) is 73.6 cm³/mol. The van der Waals surface area contributed by atoms with Gasteiger partial charge in [-0.3, -0.25) is 9.59 Å². The van der Waals surface area contributed by atoms with E-state index in [9.17, 15) is 14.7 Å². The van der Waals surface area contributed by atoms with E-state index >= 15 is 0 Å². The number of carbonyl (C=O) groups excluding carboxylic acids is 2. The molecule has 5 heteroatoms. The smallest absolute Gasteiger partial charge is 0.211 e. The maximum atomic E-state index is 12.7. The van der Waals surface area contributed by atoms with Gasteiger partial charge >= 0.3 is 0 Å². The van der Waals surface area contributed by atoms with Gasteiger partial charge in [0.1, 0.15) is 5.69 Å². The fourth-order valence-corrected chi connectivity index (χ4v) is 3.11. The van der Waals surface area contributed by atoms with Gasteiger partial charge in [-0.2, -0.15) is 0 Å². The van der Waals surface area contributed by atoms with Gasteiger partial charge in [0, 0.05) is 36.5 Å². The lowest BCUT2D eigenvalue weighted by atomic mass is 9.95. The number of allylic oxidation sites excluding steroid dienone is 2. The van der Waals surface area contributed by atoms with Gasteiger partial charge in [-0.25, -0.2) is 0 Å². The highest BCUT2D eigenvalue weighted by molar-refractivity contribution is 6.24. The molecule has 1 aromatic heterocycles. The molecule has 5 nitrogen and oxygen atoms in total. The van der Waals surface area contributed by atoms with Gasteiger partial charge < -0.3 is 14.6 Å². The van der Waals surface area contributed by atoms with E-state index in [4.69, 9.17) is 0 Å². The van der Waals surface area contributed by atoms with E-state index in [1.54, 1.807) is 11.6 Å². The van der Waals surface area contributed by atoms with E-state index in [1.165, 1.54) is 6.08 Å². The molecule has 1 aliphatic carbocycles. The highest BCUT2D eigenvalue weighted by Crippen LogP contribution is 2.38. The highest BCUT2D eigenvalue weighted by atomic mass is 16.3. The van der Waals surface area contributed by atoms with E-state index in [-0.39, 0.29) is 30.3 Å². The summed E-state index contributed by atoms with van der Waals surface area (Å²) in [6.45, 7) is 5.64. The first-order chi connectivity index (χ1) is 9.40. The second-order valence-electron chi connectivity index (χ2n) is 5.62. The number of rotatable bonds is 2. The number of nitrogens with zero attached hydrogens (tertiary/aromatic N) is 2. The van der Waals surface area contributed by atoms with Gasteiger partial charge in [-0.15, -0.1) is 0 Å². The molecule has 0 radical (unpaired) electrons. The van der Waals surface area contributed by atoms with Gasteiger partial charge in [0.25, 0.3) is 0 Å². The molecule has 1 aromatic rings. The molecular formula is C15H18N2O3. The third kappa shape index (κ3) is 1.47. The van der Waals surface area contributed by atoms with E-state index in [1.807, 2.05) is 25.7 Å². The average Bonchev–Trinajstić information content (AvgIpc) is 2.89. The molecule has 2 atom stereocenters. The normalized spacial score (nSPS) is 24.9. The van der Waals surface area contributed by atoms with Crippen LogP contribution in [0.25, 0.3) is 0 Å². The fraction of sp³-hybridized carbons (Fsp3) is 0.467. The van der Waals surface area contributed by atoms with Crippen LogP contribution in [0.2, 0.25) is 0 Å². The molecule has 0 aromatic carbocycles. The van der Waals surface area contributed by atoms with Crippen molar-refractivity contribution in [2.24, 2.45) is 7.05 Å². The zero-order valence-corrected chi connectivity index (χ0v) is 12.1. The molecule has 0 saturated carbocycles. The van der Waals surface area contributed by atoms with Gasteiger partial charge in [-0.05, 0) is 20.8 Å². The third-order valence-electron chi connectivity index (χ3n) is 4.70. The van der Waals surface area contributed by atoms with Gasteiger partial charge in [-0.1, -0.05) is 0 Å². The average molecular weight is 274 g/mol. The third-order valence-corrected chi connectivity index (χ3v) is 4.70. The Bertz CT molecular complexity index is 661. The first kappa shape index (κ1) is 13.1. The summed E-state index contributed by atoms with van der Waals surface area (Å²) in [4.78, 5) is 27.0. The molecule has 20 heavy (non-hydrogen) atoms. The van der Waals surface area contributed by atoms with Crippen LogP contribution >= 0.6 is 0 Å². The summed E-state index contributed by atoms with van der Waals surface area (Å²) in [7, 11) is 1.75. The maximum Gasteiger partial charge on any atom is 0.211 e. The molecule has 1 aliphatic heterocycles. The minimum Gasteiger partial charge on any atom is -0.392 e. The van der Waals surface area contributed by atoms with Crippen LogP contribution in [0.15, 0.2) is 11.8 Å². The van der Waals surface area contributed by atoms with Crippen molar-refractivity contribution in [3.05, 3.63) is 34.3 Å². The molecule has 3 rings (SSSR count). The molecule has 0 bridgehead atoms. The molecule has 0 spiro atoms. The Kier molecular flexibility index (Phi) is 2.66. The van der Waals surface area contributed by atoms with E-state index < -0.39 is 0 Å². The first-order valence-corrected chi connectivity index (χ1v) is 6.78. The predicted octanol–water partition coefficient (Wildman–Crippen LogP) is 1.18. The number of Topliss-reactive ketones (excluding diaryl/α,β-unsaturated/α-hetero) is 1. The number of ketones is 2. The van der Waals surface area contributed by atoms with Crippen molar-refractivity contribution < 1.29 is 14.7 Å². The van der Waals surface area contributed by atoms with Crippen LogP contribution in [0.3, 0.4) is 0 Å². The lowest BCUT2D eigenvalue weighted by Crippen LogP contribution is -2.24. The number of aromatic nitrogens is 1. The molecule has 0 amide bonds. The van der Waals surface area contributed by atoms with Crippen molar-refractivity contribution in [1.82, 2.24) is 9.47 Å². The van der Waals surface area contributed by atoms with E-state index in [0.29, 0.717) is 22.5 Å². The van der Waals surface area contributed by atoms with Crippen molar-refractivity contribution in [3.8, 4) is 0 Å². The van der Waals surface area contributed by atoms with Gasteiger partial charge in [0.05, 0.1) is 17.9 Å². The Balaban J connectivity index is 2.16. The van der Waals surface area contributed by atoms with Crippen molar-refractivity contribution in [2.75, 3.05) is 0 Å². The number of hydrogen-bond donors (Lipinski definition) is 1. The summed E-state index contributed by atoms with van der Waals surface area (Å²) in [5.74, 6) is -0.310. The van der Waals surface area contributed by atoms with Crippen LogP contribution in [-0.2, 0) is 13.7 Å². The Morgan fingerprint density at radius 3 is 2.35 bits per heavy atom. The van der Waals surface area contributed by atoms with Crippen molar-refractivity contribution in [2.45, 2.75) is 39.5 Å². The number of aliphatic hydroxyl groups is 1. The standard InChI is InChI=1S/C15H18N2O3/c1-7-8(2)17(7)11-5-12(19)14-13(15(11)20)10(6-18)9(3)16(14)4/h5,7-8,18H,6H2,1-4H3/t7-,8+,17?. The van der Waals surface area contributed by atoms with Crippen LogP contribution in [-0.4, -0.2) is 38.2 Å². The molecule has 0 unspecified atom stereocenters. The lowest BCUT2D eigenvalue weighted by Gasteiger charge is -2.16. The van der Waals surface area contributed by atoms with Crippen molar-refractivity contribution in [3.63, 3.8) is 0 Å². The summed E-state index contributed by atoms with van der Waals surface area (Å²) in [6, 6.07) is 0.559. The first-order valence-electron chi connectivity index (χ1n) is 6.78. The summed E-state index contributed by atoms with van der Waals surface area (Å²) in [6.07, 6.45) is 1.44. The zero-order valence-electron chi connectivity index (χ0n) is 12.1. The maximum absolute atomic E-state index is 12.7. The Hall–Kier alpha value is -1.88.